The maximum Gasteiger partial charge on any atom is 0.109 e. The number of nitrogens with zero attached hydrogens (tertiary/aromatic N) is 1. The molecule has 0 saturated heterocycles. The molecule has 1 unspecified atom stereocenters. The van der Waals surface area contributed by atoms with Gasteiger partial charge in [-0.2, -0.15) is 0 Å². The summed E-state index contributed by atoms with van der Waals surface area (Å²) in [5.41, 5.74) is 7.66. The molecule has 0 aromatic carbocycles. The minimum absolute atomic E-state index is 0.283. The van der Waals surface area contributed by atoms with Crippen molar-refractivity contribution in [3.05, 3.63) is 22.4 Å². The van der Waals surface area contributed by atoms with Crippen molar-refractivity contribution in [2.75, 3.05) is 25.6 Å². The first-order valence-electron chi connectivity index (χ1n) is 5.75. The fourth-order valence-electron chi connectivity index (χ4n) is 1.64. The molecule has 1 rings (SSSR count). The van der Waals surface area contributed by atoms with E-state index < -0.39 is 0 Å². The van der Waals surface area contributed by atoms with Crippen LogP contribution in [-0.4, -0.2) is 31.3 Å². The van der Waals surface area contributed by atoms with Gasteiger partial charge in [-0.25, -0.2) is 4.98 Å². The van der Waals surface area contributed by atoms with Gasteiger partial charge < -0.3 is 15.8 Å². The van der Waals surface area contributed by atoms with E-state index >= 15 is 0 Å². The largest absolute Gasteiger partial charge is 0.383 e. The second kappa shape index (κ2) is 7.63. The summed E-state index contributed by atoms with van der Waals surface area (Å²) in [6, 6.07) is 2.35. The van der Waals surface area contributed by atoms with Crippen molar-refractivity contribution in [3.63, 3.8) is 0 Å². The van der Waals surface area contributed by atoms with Gasteiger partial charge in [-0.3, -0.25) is 0 Å². The monoisotopic (exact) mass is 301 g/mol. The molecule has 0 aliphatic carbocycles. The number of ether oxygens (including phenoxy) is 1. The van der Waals surface area contributed by atoms with Crippen LogP contribution in [0.3, 0.4) is 0 Å². The number of rotatable bonds is 7. The number of aromatic nitrogens is 1. The van der Waals surface area contributed by atoms with Gasteiger partial charge in [0.05, 0.1) is 18.5 Å². The van der Waals surface area contributed by atoms with Gasteiger partial charge in [-0.05, 0) is 53.9 Å². The van der Waals surface area contributed by atoms with Crippen molar-refractivity contribution < 1.29 is 4.74 Å². The van der Waals surface area contributed by atoms with Crippen molar-refractivity contribution in [2.24, 2.45) is 5.73 Å². The highest BCUT2D eigenvalue weighted by Gasteiger charge is 2.08. The number of halogens is 1. The molecule has 0 spiro atoms. The number of nitrogens with two attached hydrogens (primary N) is 1. The maximum absolute atomic E-state index is 5.52. The van der Waals surface area contributed by atoms with Crippen molar-refractivity contribution in [2.45, 2.75) is 25.8 Å². The quantitative estimate of drug-likeness (QED) is 0.759. The van der Waals surface area contributed by atoms with Crippen molar-refractivity contribution in [1.82, 2.24) is 4.98 Å². The van der Waals surface area contributed by atoms with E-state index in [4.69, 9.17) is 10.5 Å². The van der Waals surface area contributed by atoms with Gasteiger partial charge in [0.2, 0.25) is 0 Å². The molecule has 0 saturated carbocycles. The summed E-state index contributed by atoms with van der Waals surface area (Å²) >= 11 is 3.39. The Hall–Kier alpha value is -0.650. The third-order valence-electron chi connectivity index (χ3n) is 2.51. The Morgan fingerprint density at radius 1 is 1.59 bits per heavy atom. The van der Waals surface area contributed by atoms with Gasteiger partial charge in [0.25, 0.3) is 0 Å². The van der Waals surface area contributed by atoms with Gasteiger partial charge >= 0.3 is 0 Å². The summed E-state index contributed by atoms with van der Waals surface area (Å²) in [5, 5.41) is 3.42. The zero-order chi connectivity index (χ0) is 12.7. The van der Waals surface area contributed by atoms with Crippen LogP contribution in [0.1, 0.15) is 18.4 Å². The molecule has 0 fully saturated rings. The van der Waals surface area contributed by atoms with Crippen LogP contribution >= 0.6 is 15.9 Å². The number of pyridine rings is 1. The summed E-state index contributed by atoms with van der Waals surface area (Å²) < 4.78 is 6.08. The molecule has 4 nitrogen and oxygen atoms in total. The molecule has 0 bridgehead atoms. The highest BCUT2D eigenvalue weighted by Crippen LogP contribution is 2.18. The Morgan fingerprint density at radius 2 is 2.35 bits per heavy atom. The Balaban J connectivity index is 2.61. The van der Waals surface area contributed by atoms with E-state index in [2.05, 4.69) is 32.3 Å². The normalized spacial score (nSPS) is 12.5. The minimum Gasteiger partial charge on any atom is -0.383 e. The summed E-state index contributed by atoms with van der Waals surface area (Å²) in [5.74, 6) is 0. The SMILES string of the molecule is COCC(CCCN)Nc1cnc(Br)c(C)c1. The van der Waals surface area contributed by atoms with E-state index in [1.54, 1.807) is 7.11 Å². The fraction of sp³-hybridized carbons (Fsp3) is 0.583. The predicted molar refractivity (Wildman–Crippen MR) is 74.2 cm³/mol. The van der Waals surface area contributed by atoms with Crippen LogP contribution in [0.15, 0.2) is 16.9 Å². The van der Waals surface area contributed by atoms with Crippen LogP contribution < -0.4 is 11.1 Å². The maximum atomic E-state index is 5.52. The topological polar surface area (TPSA) is 60.2 Å². The molecule has 1 heterocycles. The number of hydrogen-bond donors (Lipinski definition) is 2. The second-order valence-electron chi connectivity index (χ2n) is 4.06. The molecule has 0 radical (unpaired) electrons. The summed E-state index contributed by atoms with van der Waals surface area (Å²) in [6.07, 6.45) is 3.81. The smallest absolute Gasteiger partial charge is 0.109 e. The zero-order valence-corrected chi connectivity index (χ0v) is 12.0. The first-order chi connectivity index (χ1) is 8.17. The molecule has 17 heavy (non-hydrogen) atoms. The standard InChI is InChI=1S/C12H20BrN3O/c1-9-6-11(7-15-12(9)13)16-10(8-17-2)4-3-5-14/h6-7,10,16H,3-5,8,14H2,1-2H3. The minimum atomic E-state index is 0.283. The number of nitrogens with one attached hydrogen (secondary N) is 1. The Bertz CT molecular complexity index is 347. The Labute approximate surface area is 111 Å². The molecule has 0 aliphatic heterocycles. The summed E-state index contributed by atoms with van der Waals surface area (Å²) in [4.78, 5) is 4.26. The molecule has 1 atom stereocenters. The van der Waals surface area contributed by atoms with Crippen LogP contribution in [-0.2, 0) is 4.74 Å². The van der Waals surface area contributed by atoms with Gasteiger partial charge in [-0.1, -0.05) is 0 Å². The Morgan fingerprint density at radius 3 is 2.94 bits per heavy atom. The second-order valence-corrected chi connectivity index (χ2v) is 4.81. The third-order valence-corrected chi connectivity index (χ3v) is 3.34. The van der Waals surface area contributed by atoms with E-state index in [1.165, 1.54) is 0 Å². The van der Waals surface area contributed by atoms with Gasteiger partial charge in [0, 0.05) is 13.2 Å². The molecule has 1 aromatic heterocycles. The van der Waals surface area contributed by atoms with Crippen LogP contribution in [0.4, 0.5) is 5.69 Å². The van der Waals surface area contributed by atoms with Crippen molar-refractivity contribution in [3.8, 4) is 0 Å². The number of hydrogen-bond acceptors (Lipinski definition) is 4. The molecule has 0 amide bonds. The average molecular weight is 302 g/mol. The highest BCUT2D eigenvalue weighted by molar-refractivity contribution is 9.10. The highest BCUT2D eigenvalue weighted by atomic mass is 79.9. The predicted octanol–water partition coefficient (Wildman–Crippen LogP) is 2.32. The molecule has 0 aliphatic rings. The molecular weight excluding hydrogens is 282 g/mol. The lowest BCUT2D eigenvalue weighted by molar-refractivity contribution is 0.182. The molecule has 5 heteroatoms. The van der Waals surface area contributed by atoms with Crippen LogP contribution in [0.25, 0.3) is 0 Å². The average Bonchev–Trinajstić information content (AvgIpc) is 2.31. The molecule has 1 aromatic rings. The van der Waals surface area contributed by atoms with E-state index in [9.17, 15) is 0 Å². The fourth-order valence-corrected chi connectivity index (χ4v) is 1.85. The number of methoxy groups -OCH3 is 1. The van der Waals surface area contributed by atoms with Crippen LogP contribution in [0, 0.1) is 6.92 Å². The van der Waals surface area contributed by atoms with Gasteiger partial charge in [0.15, 0.2) is 0 Å². The van der Waals surface area contributed by atoms with E-state index in [1.807, 2.05) is 13.1 Å². The van der Waals surface area contributed by atoms with Crippen LogP contribution in [0.5, 0.6) is 0 Å². The summed E-state index contributed by atoms with van der Waals surface area (Å²) in [7, 11) is 1.71. The molecule has 3 N–H and O–H groups in total. The van der Waals surface area contributed by atoms with Crippen LogP contribution in [0.2, 0.25) is 0 Å². The first kappa shape index (κ1) is 14.4. The third kappa shape index (κ3) is 5.02. The zero-order valence-electron chi connectivity index (χ0n) is 10.4. The molecule has 96 valence electrons. The van der Waals surface area contributed by atoms with Crippen molar-refractivity contribution >= 4 is 21.6 Å². The number of aryl methyl sites for hydroxylation is 1. The van der Waals surface area contributed by atoms with E-state index in [-0.39, 0.29) is 6.04 Å². The summed E-state index contributed by atoms with van der Waals surface area (Å²) in [6.45, 7) is 3.40. The van der Waals surface area contributed by atoms with E-state index in [0.717, 1.165) is 28.7 Å². The van der Waals surface area contributed by atoms with Gasteiger partial charge in [-0.15, -0.1) is 0 Å². The van der Waals surface area contributed by atoms with Crippen molar-refractivity contribution in [1.29, 1.82) is 0 Å². The first-order valence-corrected chi connectivity index (χ1v) is 6.54. The molecular formula is C12H20BrN3O. The van der Waals surface area contributed by atoms with Gasteiger partial charge in [0.1, 0.15) is 4.60 Å². The lowest BCUT2D eigenvalue weighted by Gasteiger charge is -2.19. The number of anilines is 1. The van der Waals surface area contributed by atoms with E-state index in [0.29, 0.717) is 13.2 Å². The lowest BCUT2D eigenvalue weighted by Crippen LogP contribution is -2.26. The lowest BCUT2D eigenvalue weighted by atomic mass is 10.1. The Kier molecular flexibility index (Phi) is 6.47.